The number of rotatable bonds is 7. The number of aromatic nitrogens is 2. The molecule has 2 rings (SSSR count). The highest BCUT2D eigenvalue weighted by Crippen LogP contribution is 2.40. The van der Waals surface area contributed by atoms with E-state index in [-0.39, 0.29) is 23.7 Å². The van der Waals surface area contributed by atoms with E-state index in [1.807, 2.05) is 0 Å². The topological polar surface area (TPSA) is 172 Å². The molecule has 3 N–H and O–H groups in total. The normalized spacial score (nSPS) is 21.4. The van der Waals surface area contributed by atoms with Gasteiger partial charge in [-0.3, -0.25) is 19.3 Å². The Hall–Kier alpha value is -3.90. The molecule has 0 saturated carbocycles. The maximum absolute atomic E-state index is 13.5. The van der Waals surface area contributed by atoms with Gasteiger partial charge in [0.25, 0.3) is 0 Å². The highest BCUT2D eigenvalue weighted by Gasteiger charge is 2.57. The fraction of sp³-hybridized carbons (Fsp3) is 0.565. The molecule has 1 aliphatic rings. The van der Waals surface area contributed by atoms with Crippen LogP contribution in [0, 0.1) is 0 Å². The first kappa shape index (κ1) is 28.3. The summed E-state index contributed by atoms with van der Waals surface area (Å²) in [5.74, 6) is -1.93. The molecular formula is C23H33N5O8. The number of carbonyl (C=O) groups excluding carboxylic acids is 4. The lowest BCUT2D eigenvalue weighted by Crippen LogP contribution is -2.49. The number of carbonyl (C=O) groups is 4. The van der Waals surface area contributed by atoms with Crippen molar-refractivity contribution in [3.8, 4) is 0 Å². The summed E-state index contributed by atoms with van der Waals surface area (Å²) in [7, 11) is 1.60. The third-order valence-corrected chi connectivity index (χ3v) is 5.12. The minimum atomic E-state index is -1.24. The molecule has 1 fully saturated rings. The Labute approximate surface area is 209 Å². The number of nitrogens with zero attached hydrogens (tertiary/aromatic N) is 3. The molecule has 13 nitrogen and oxygen atoms in total. The summed E-state index contributed by atoms with van der Waals surface area (Å²) in [6, 6.07) is -2.23. The van der Waals surface area contributed by atoms with Gasteiger partial charge in [0.2, 0.25) is 0 Å². The molecule has 1 unspecified atom stereocenters. The van der Waals surface area contributed by atoms with Gasteiger partial charge < -0.3 is 30.0 Å². The minimum Gasteiger partial charge on any atom is -0.464 e. The fourth-order valence-corrected chi connectivity index (χ4v) is 3.92. The Morgan fingerprint density at radius 3 is 2.14 bits per heavy atom. The maximum Gasteiger partial charge on any atom is 0.411 e. The van der Waals surface area contributed by atoms with Crippen LogP contribution in [0.3, 0.4) is 0 Å². The lowest BCUT2D eigenvalue weighted by Gasteiger charge is -2.33. The van der Waals surface area contributed by atoms with Gasteiger partial charge in [-0.1, -0.05) is 6.58 Å². The van der Waals surface area contributed by atoms with Gasteiger partial charge in [-0.2, -0.15) is 0 Å². The Balaban J connectivity index is 2.75. The molecule has 4 atom stereocenters. The second-order valence-corrected chi connectivity index (χ2v) is 9.11. The van der Waals surface area contributed by atoms with E-state index in [2.05, 4.69) is 21.9 Å². The molecule has 0 aromatic carbocycles. The molecule has 2 heterocycles. The first-order valence-corrected chi connectivity index (χ1v) is 11.1. The molecule has 13 heteroatoms. The van der Waals surface area contributed by atoms with Crippen LogP contribution in [0.1, 0.15) is 47.2 Å². The van der Waals surface area contributed by atoms with Gasteiger partial charge in [-0.25, -0.2) is 14.8 Å². The average Bonchev–Trinajstić information content (AvgIpc) is 3.02. The summed E-state index contributed by atoms with van der Waals surface area (Å²) < 4.78 is 21.9. The lowest BCUT2D eigenvalue weighted by molar-refractivity contribution is -0.164. The molecule has 0 bridgehead atoms. The summed E-state index contributed by atoms with van der Waals surface area (Å²) in [6.45, 7) is 12.3. The van der Waals surface area contributed by atoms with Crippen LogP contribution in [-0.2, 0) is 33.3 Å². The molecule has 198 valence electrons. The standard InChI is InChI=1S/C23H33N5O8/c1-11(16-17(25-8)21(24)27-10-26-16)18-20(35-14(4)31)19(34-13(3)30)15(9-33-12(2)29)28(18)22(32)36-23(5,6)7/h10,15,18-20,25H,1,9H2,2-8H3,(H2,24,26,27)/t15?,18-,19+,20-/m0/s1. The average molecular weight is 508 g/mol. The number of likely N-dealkylation sites (tertiary alicyclic amines) is 1. The number of anilines is 2. The second-order valence-electron chi connectivity index (χ2n) is 9.11. The molecule has 1 aliphatic heterocycles. The number of nitrogens with one attached hydrogen (secondary N) is 1. The number of hydrogen-bond acceptors (Lipinski definition) is 12. The summed E-state index contributed by atoms with van der Waals surface area (Å²) in [6.07, 6.45) is -2.10. The van der Waals surface area contributed by atoms with Crippen LogP contribution < -0.4 is 11.1 Å². The highest BCUT2D eigenvalue weighted by atomic mass is 16.6. The van der Waals surface area contributed by atoms with Crippen molar-refractivity contribution in [2.45, 2.75) is 71.4 Å². The van der Waals surface area contributed by atoms with Crippen LogP contribution in [0.4, 0.5) is 16.3 Å². The Morgan fingerprint density at radius 2 is 1.64 bits per heavy atom. The smallest absolute Gasteiger partial charge is 0.411 e. The van der Waals surface area contributed by atoms with Gasteiger partial charge in [0, 0.05) is 27.8 Å². The first-order chi connectivity index (χ1) is 16.7. The van der Waals surface area contributed by atoms with E-state index >= 15 is 0 Å². The van der Waals surface area contributed by atoms with Crippen molar-refractivity contribution < 1.29 is 38.1 Å². The van der Waals surface area contributed by atoms with Crippen LogP contribution in [-0.4, -0.2) is 82.4 Å². The quantitative estimate of drug-likeness (QED) is 0.403. The van der Waals surface area contributed by atoms with Crippen molar-refractivity contribution in [2.24, 2.45) is 0 Å². The minimum absolute atomic E-state index is 0.113. The second kappa shape index (κ2) is 11.2. The van der Waals surface area contributed by atoms with E-state index in [0.29, 0.717) is 5.69 Å². The van der Waals surface area contributed by atoms with Crippen LogP contribution in [0.5, 0.6) is 0 Å². The fourth-order valence-electron chi connectivity index (χ4n) is 3.92. The zero-order valence-corrected chi connectivity index (χ0v) is 21.5. The maximum atomic E-state index is 13.5. The molecule has 36 heavy (non-hydrogen) atoms. The number of hydrogen-bond donors (Lipinski definition) is 2. The molecule has 0 radical (unpaired) electrons. The SMILES string of the molecule is C=C(c1ncnc(N)c1NC)[C@H]1[C@H](OC(C)=O)[C@H](OC(C)=O)C(COC(C)=O)N1C(=O)OC(C)(C)C. The van der Waals surface area contributed by atoms with Gasteiger partial charge in [0.05, 0.1) is 5.69 Å². The van der Waals surface area contributed by atoms with Gasteiger partial charge >= 0.3 is 24.0 Å². The van der Waals surface area contributed by atoms with Gasteiger partial charge in [-0.05, 0) is 26.3 Å². The van der Waals surface area contributed by atoms with Crippen molar-refractivity contribution in [3.63, 3.8) is 0 Å². The highest BCUT2D eigenvalue weighted by molar-refractivity contribution is 5.84. The largest absolute Gasteiger partial charge is 0.464 e. The summed E-state index contributed by atoms with van der Waals surface area (Å²) in [4.78, 5) is 58.7. The number of nitrogen functional groups attached to an aromatic ring is 1. The van der Waals surface area contributed by atoms with Gasteiger partial charge in [-0.15, -0.1) is 0 Å². The third kappa shape index (κ3) is 6.61. The molecule has 0 aliphatic carbocycles. The Kier molecular flexibility index (Phi) is 8.84. The zero-order chi connectivity index (χ0) is 27.4. The molecule has 1 saturated heterocycles. The molecular weight excluding hydrogens is 474 g/mol. The number of nitrogens with two attached hydrogens (primary N) is 1. The first-order valence-electron chi connectivity index (χ1n) is 11.1. The number of ether oxygens (including phenoxy) is 4. The number of esters is 3. The van der Waals surface area contributed by atoms with E-state index in [1.54, 1.807) is 27.8 Å². The van der Waals surface area contributed by atoms with Gasteiger partial charge in [0.15, 0.2) is 18.0 Å². The predicted octanol–water partition coefficient (Wildman–Crippen LogP) is 1.53. The zero-order valence-electron chi connectivity index (χ0n) is 21.5. The van der Waals surface area contributed by atoms with Crippen molar-refractivity contribution in [1.82, 2.24) is 14.9 Å². The molecule has 1 aromatic rings. The van der Waals surface area contributed by atoms with Crippen molar-refractivity contribution in [1.29, 1.82) is 0 Å². The molecule has 0 spiro atoms. The van der Waals surface area contributed by atoms with Crippen molar-refractivity contribution in [3.05, 3.63) is 18.6 Å². The van der Waals surface area contributed by atoms with E-state index in [9.17, 15) is 19.2 Å². The Bertz CT molecular complexity index is 1040. The lowest BCUT2D eigenvalue weighted by atomic mass is 9.97. The van der Waals surface area contributed by atoms with Crippen LogP contribution in [0.15, 0.2) is 12.9 Å². The summed E-state index contributed by atoms with van der Waals surface area (Å²) >= 11 is 0. The van der Waals surface area contributed by atoms with Crippen LogP contribution in [0.25, 0.3) is 5.57 Å². The Morgan fingerprint density at radius 1 is 1.06 bits per heavy atom. The molecule has 1 amide bonds. The predicted molar refractivity (Wildman–Crippen MR) is 128 cm³/mol. The summed E-state index contributed by atoms with van der Waals surface area (Å²) in [5.41, 5.74) is 5.81. The summed E-state index contributed by atoms with van der Waals surface area (Å²) in [5, 5.41) is 2.89. The van der Waals surface area contributed by atoms with Crippen LogP contribution in [0.2, 0.25) is 0 Å². The van der Waals surface area contributed by atoms with E-state index < -0.39 is 53.9 Å². The van der Waals surface area contributed by atoms with E-state index in [0.717, 1.165) is 6.92 Å². The van der Waals surface area contributed by atoms with E-state index in [4.69, 9.17) is 24.7 Å². The van der Waals surface area contributed by atoms with Gasteiger partial charge in [0.1, 0.15) is 36.3 Å². The van der Waals surface area contributed by atoms with Crippen LogP contribution >= 0.6 is 0 Å². The van der Waals surface area contributed by atoms with E-state index in [1.165, 1.54) is 25.1 Å². The molecule has 1 aromatic heterocycles. The van der Waals surface area contributed by atoms with Crippen molar-refractivity contribution >= 4 is 41.1 Å². The van der Waals surface area contributed by atoms with Crippen molar-refractivity contribution in [2.75, 3.05) is 24.7 Å². The number of amides is 1. The third-order valence-electron chi connectivity index (χ3n) is 5.12. The monoisotopic (exact) mass is 507 g/mol.